The molecule has 2 fully saturated rings. The van der Waals surface area contributed by atoms with Gasteiger partial charge in [-0.2, -0.15) is 0 Å². The zero-order valence-electron chi connectivity index (χ0n) is 15.8. The summed E-state index contributed by atoms with van der Waals surface area (Å²) >= 11 is 1.67. The smallest absolute Gasteiger partial charge is 0.228 e. The number of fused-ring (bicyclic) bond motifs is 1. The normalized spacial score (nSPS) is 25.8. The number of carbonyl (C=O) groups excluding carboxylic acids is 1. The van der Waals surface area contributed by atoms with Crippen molar-refractivity contribution in [2.24, 2.45) is 5.92 Å². The van der Waals surface area contributed by atoms with Crippen molar-refractivity contribution in [3.63, 3.8) is 0 Å². The molecule has 1 amide bonds. The number of benzene rings is 1. The first-order chi connectivity index (χ1) is 12.6. The molecule has 1 saturated heterocycles. The summed E-state index contributed by atoms with van der Waals surface area (Å²) in [7, 11) is 0. The van der Waals surface area contributed by atoms with Crippen LogP contribution in [0.2, 0.25) is 0 Å². The molecule has 1 saturated carbocycles. The van der Waals surface area contributed by atoms with E-state index in [0.717, 1.165) is 28.5 Å². The van der Waals surface area contributed by atoms with Crippen molar-refractivity contribution in [1.29, 1.82) is 0 Å². The van der Waals surface area contributed by atoms with Gasteiger partial charge in [-0.15, -0.1) is 11.3 Å². The number of aromatic nitrogens is 1. The van der Waals surface area contributed by atoms with Crippen LogP contribution < -0.4 is 0 Å². The minimum absolute atomic E-state index is 0.306. The molecule has 0 bridgehead atoms. The largest absolute Gasteiger partial charge is 0.339 e. The maximum Gasteiger partial charge on any atom is 0.228 e. The van der Waals surface area contributed by atoms with Crippen LogP contribution in [0.1, 0.15) is 59.2 Å². The molecule has 1 aromatic carbocycles. The van der Waals surface area contributed by atoms with Gasteiger partial charge < -0.3 is 4.90 Å². The number of likely N-dealkylation sites (tertiary alicyclic amines) is 1. The SMILES string of the molecule is Cc1nc(C)c(CC(=O)N2CC[C@@H](c3ccccc3)[C@@H]3CCCC[C@H]32)s1. The highest BCUT2D eigenvalue weighted by molar-refractivity contribution is 7.11. The molecule has 138 valence electrons. The molecule has 1 aliphatic carbocycles. The van der Waals surface area contributed by atoms with E-state index in [9.17, 15) is 4.79 Å². The van der Waals surface area contributed by atoms with Crippen molar-refractivity contribution in [1.82, 2.24) is 9.88 Å². The highest BCUT2D eigenvalue weighted by Crippen LogP contribution is 2.44. The minimum Gasteiger partial charge on any atom is -0.339 e. The van der Waals surface area contributed by atoms with Gasteiger partial charge in [-0.1, -0.05) is 43.2 Å². The molecule has 3 atom stereocenters. The summed E-state index contributed by atoms with van der Waals surface area (Å²) in [4.78, 5) is 21.0. The molecular weight excluding hydrogens is 340 g/mol. The quantitative estimate of drug-likeness (QED) is 0.774. The van der Waals surface area contributed by atoms with Gasteiger partial charge in [0.15, 0.2) is 0 Å². The molecule has 4 rings (SSSR count). The summed E-state index contributed by atoms with van der Waals surface area (Å²) in [6.07, 6.45) is 6.60. The molecular formula is C22H28N2OS. The summed E-state index contributed by atoms with van der Waals surface area (Å²) in [6.45, 7) is 4.95. The topological polar surface area (TPSA) is 33.2 Å². The lowest BCUT2D eigenvalue weighted by atomic mass is 9.69. The Kier molecular flexibility index (Phi) is 5.12. The molecule has 0 spiro atoms. The van der Waals surface area contributed by atoms with Gasteiger partial charge in [0.05, 0.1) is 17.1 Å². The Morgan fingerprint density at radius 1 is 1.15 bits per heavy atom. The first kappa shape index (κ1) is 17.7. The van der Waals surface area contributed by atoms with Gasteiger partial charge in [0.2, 0.25) is 5.91 Å². The third-order valence-corrected chi connectivity index (χ3v) is 7.31. The highest BCUT2D eigenvalue weighted by atomic mass is 32.1. The van der Waals surface area contributed by atoms with E-state index in [1.807, 2.05) is 13.8 Å². The van der Waals surface area contributed by atoms with Crippen LogP contribution in [-0.2, 0) is 11.2 Å². The Morgan fingerprint density at radius 3 is 2.65 bits per heavy atom. The predicted molar refractivity (Wildman–Crippen MR) is 107 cm³/mol. The molecule has 26 heavy (non-hydrogen) atoms. The molecule has 0 radical (unpaired) electrons. The van der Waals surface area contributed by atoms with Crippen LogP contribution in [-0.4, -0.2) is 28.4 Å². The van der Waals surface area contributed by atoms with E-state index in [2.05, 4.69) is 40.2 Å². The van der Waals surface area contributed by atoms with Crippen LogP contribution in [0, 0.1) is 19.8 Å². The highest BCUT2D eigenvalue weighted by Gasteiger charge is 2.41. The van der Waals surface area contributed by atoms with Crippen molar-refractivity contribution in [2.45, 2.75) is 64.3 Å². The monoisotopic (exact) mass is 368 g/mol. The number of hydrogen-bond donors (Lipinski definition) is 0. The van der Waals surface area contributed by atoms with Crippen LogP contribution in [0.4, 0.5) is 0 Å². The van der Waals surface area contributed by atoms with Crippen LogP contribution in [0.25, 0.3) is 0 Å². The summed E-state index contributed by atoms with van der Waals surface area (Å²) in [5.74, 6) is 1.53. The molecule has 2 heterocycles. The van der Waals surface area contributed by atoms with E-state index in [1.54, 1.807) is 11.3 Å². The lowest BCUT2D eigenvalue weighted by Gasteiger charge is -2.48. The Bertz CT molecular complexity index is 770. The van der Waals surface area contributed by atoms with Crippen LogP contribution >= 0.6 is 11.3 Å². The van der Waals surface area contributed by atoms with Crippen molar-refractivity contribution < 1.29 is 4.79 Å². The number of amides is 1. The van der Waals surface area contributed by atoms with E-state index in [4.69, 9.17) is 0 Å². The lowest BCUT2D eigenvalue weighted by Crippen LogP contribution is -2.52. The van der Waals surface area contributed by atoms with Gasteiger partial charge in [-0.05, 0) is 50.5 Å². The van der Waals surface area contributed by atoms with Gasteiger partial charge in [0.25, 0.3) is 0 Å². The zero-order valence-corrected chi connectivity index (χ0v) is 16.6. The Balaban J connectivity index is 1.53. The van der Waals surface area contributed by atoms with Crippen LogP contribution in [0.5, 0.6) is 0 Å². The van der Waals surface area contributed by atoms with Crippen molar-refractivity contribution in [2.75, 3.05) is 6.54 Å². The fraction of sp³-hybridized carbons (Fsp3) is 0.545. The van der Waals surface area contributed by atoms with Gasteiger partial charge in [-0.25, -0.2) is 4.98 Å². The Hall–Kier alpha value is -1.68. The van der Waals surface area contributed by atoms with E-state index < -0.39 is 0 Å². The third-order valence-electron chi connectivity index (χ3n) is 6.24. The molecule has 3 nitrogen and oxygen atoms in total. The standard InChI is InChI=1S/C22H28N2OS/c1-15-21(26-16(2)23-15)14-22(25)24-13-12-18(17-8-4-3-5-9-17)19-10-6-7-11-20(19)24/h3-5,8-9,18-20H,6-7,10-14H2,1-2H3/t18-,19-,20+/m0/s1. The Labute approximate surface area is 160 Å². The summed E-state index contributed by atoms with van der Waals surface area (Å²) in [5.41, 5.74) is 2.49. The Morgan fingerprint density at radius 2 is 1.92 bits per heavy atom. The number of carbonyl (C=O) groups is 1. The van der Waals surface area contributed by atoms with E-state index in [-0.39, 0.29) is 0 Å². The van der Waals surface area contributed by atoms with E-state index in [1.165, 1.54) is 31.2 Å². The molecule has 1 aliphatic heterocycles. The summed E-state index contributed by atoms with van der Waals surface area (Å²) in [6, 6.07) is 11.4. The van der Waals surface area contributed by atoms with Crippen molar-refractivity contribution in [3.8, 4) is 0 Å². The maximum absolute atomic E-state index is 13.1. The second-order valence-corrected chi connectivity index (χ2v) is 9.11. The second-order valence-electron chi connectivity index (χ2n) is 7.83. The van der Waals surface area contributed by atoms with Crippen LogP contribution in [0.15, 0.2) is 30.3 Å². The summed E-state index contributed by atoms with van der Waals surface area (Å²) < 4.78 is 0. The first-order valence-electron chi connectivity index (χ1n) is 9.91. The predicted octanol–water partition coefficient (Wildman–Crippen LogP) is 4.88. The van der Waals surface area contributed by atoms with E-state index >= 15 is 0 Å². The number of thiazole rings is 1. The molecule has 2 aliphatic rings. The second kappa shape index (κ2) is 7.51. The number of aryl methyl sites for hydroxylation is 2. The molecule has 0 N–H and O–H groups in total. The molecule has 2 aromatic rings. The van der Waals surface area contributed by atoms with Gasteiger partial charge in [0.1, 0.15) is 0 Å². The van der Waals surface area contributed by atoms with Gasteiger partial charge >= 0.3 is 0 Å². The first-order valence-corrected chi connectivity index (χ1v) is 10.7. The molecule has 1 aromatic heterocycles. The molecule has 4 heteroatoms. The van der Waals surface area contributed by atoms with Gasteiger partial charge in [-0.3, -0.25) is 4.79 Å². The number of piperidine rings is 1. The molecule has 0 unspecified atom stereocenters. The van der Waals surface area contributed by atoms with Crippen molar-refractivity contribution >= 4 is 17.2 Å². The lowest BCUT2D eigenvalue weighted by molar-refractivity contribution is -0.137. The number of hydrogen-bond acceptors (Lipinski definition) is 3. The van der Waals surface area contributed by atoms with Crippen molar-refractivity contribution in [3.05, 3.63) is 51.5 Å². The average molecular weight is 369 g/mol. The summed E-state index contributed by atoms with van der Waals surface area (Å²) in [5, 5.41) is 1.06. The van der Waals surface area contributed by atoms with Gasteiger partial charge in [0, 0.05) is 17.5 Å². The zero-order chi connectivity index (χ0) is 18.1. The average Bonchev–Trinajstić information content (AvgIpc) is 2.98. The van der Waals surface area contributed by atoms with E-state index in [0.29, 0.717) is 30.2 Å². The number of rotatable bonds is 3. The minimum atomic E-state index is 0.306. The fourth-order valence-electron chi connectivity index (χ4n) is 5.05. The fourth-order valence-corrected chi connectivity index (χ4v) is 5.98. The van der Waals surface area contributed by atoms with Crippen LogP contribution in [0.3, 0.4) is 0 Å². The third kappa shape index (κ3) is 3.44. The maximum atomic E-state index is 13.1. The number of nitrogens with zero attached hydrogens (tertiary/aromatic N) is 2.